The average Bonchev–Trinajstić information content (AvgIpc) is 2.48. The Kier molecular flexibility index (Phi) is 5.92. The number of nitrogen functional groups attached to an aromatic ring is 3. The van der Waals surface area contributed by atoms with Gasteiger partial charge >= 0.3 is 12.4 Å². The van der Waals surface area contributed by atoms with Gasteiger partial charge in [0.15, 0.2) is 0 Å². The van der Waals surface area contributed by atoms with E-state index in [9.17, 15) is 36.5 Å². The standard InChI is InChI=1S/C7H5F3N2O2.C7H7F3N2/c8-7(9,10)5-3-4(12(13)14)1-2-6(5)11;8-7(9,10)5-3-4(11)1-2-6(5)12/h1-3H,11H2;1-3H,11-12H2. The second-order valence-corrected chi connectivity index (χ2v) is 4.87. The summed E-state index contributed by atoms with van der Waals surface area (Å²) in [6.45, 7) is 0. The molecule has 26 heavy (non-hydrogen) atoms. The van der Waals surface area contributed by atoms with Crippen molar-refractivity contribution in [2.45, 2.75) is 12.4 Å². The number of benzene rings is 2. The van der Waals surface area contributed by atoms with Crippen LogP contribution >= 0.6 is 0 Å². The molecule has 142 valence electrons. The first-order chi connectivity index (χ1) is 11.7. The lowest BCUT2D eigenvalue weighted by atomic mass is 10.1. The lowest BCUT2D eigenvalue weighted by Gasteiger charge is -2.09. The summed E-state index contributed by atoms with van der Waals surface area (Å²) < 4.78 is 72.8. The topological polar surface area (TPSA) is 121 Å². The predicted octanol–water partition coefficient (Wildman–Crippen LogP) is 4.07. The molecule has 2 rings (SSSR count). The summed E-state index contributed by atoms with van der Waals surface area (Å²) in [7, 11) is 0. The van der Waals surface area contributed by atoms with E-state index in [4.69, 9.17) is 17.2 Å². The van der Waals surface area contributed by atoms with E-state index in [-0.39, 0.29) is 11.4 Å². The number of nitrogens with zero attached hydrogens (tertiary/aromatic N) is 1. The molecule has 6 nitrogen and oxygen atoms in total. The van der Waals surface area contributed by atoms with Crippen molar-refractivity contribution in [3.8, 4) is 0 Å². The number of anilines is 3. The second kappa shape index (κ2) is 7.37. The van der Waals surface area contributed by atoms with Gasteiger partial charge in [0.25, 0.3) is 5.69 Å². The number of non-ortho nitro benzene ring substituents is 1. The van der Waals surface area contributed by atoms with E-state index in [1.807, 2.05) is 0 Å². The molecule has 0 aliphatic heterocycles. The van der Waals surface area contributed by atoms with Crippen LogP contribution in [0.2, 0.25) is 0 Å². The maximum absolute atomic E-state index is 12.2. The third-order valence-corrected chi connectivity index (χ3v) is 2.94. The minimum absolute atomic E-state index is 0.0523. The van der Waals surface area contributed by atoms with Crippen LogP contribution in [0, 0.1) is 10.1 Å². The van der Waals surface area contributed by atoms with E-state index < -0.39 is 39.8 Å². The summed E-state index contributed by atoms with van der Waals surface area (Å²) in [6.07, 6.45) is -9.10. The van der Waals surface area contributed by atoms with Gasteiger partial charge in [-0.25, -0.2) is 0 Å². The third-order valence-electron chi connectivity index (χ3n) is 2.94. The molecule has 2 aromatic carbocycles. The predicted molar refractivity (Wildman–Crippen MR) is 82.8 cm³/mol. The highest BCUT2D eigenvalue weighted by molar-refractivity contribution is 5.56. The van der Waals surface area contributed by atoms with E-state index in [1.54, 1.807) is 0 Å². The van der Waals surface area contributed by atoms with Crippen molar-refractivity contribution in [1.82, 2.24) is 0 Å². The Labute approximate surface area is 142 Å². The zero-order valence-corrected chi connectivity index (χ0v) is 12.7. The molecule has 0 bridgehead atoms. The molecule has 12 heteroatoms. The smallest absolute Gasteiger partial charge is 0.399 e. The maximum atomic E-state index is 12.2. The summed E-state index contributed by atoms with van der Waals surface area (Å²) >= 11 is 0. The number of nitro benzene ring substituents is 1. The lowest BCUT2D eigenvalue weighted by Crippen LogP contribution is -2.09. The van der Waals surface area contributed by atoms with Crippen molar-refractivity contribution in [2.75, 3.05) is 17.2 Å². The molecule has 0 aromatic heterocycles. The Bertz CT molecular complexity index is 805. The first-order valence-corrected chi connectivity index (χ1v) is 6.56. The van der Waals surface area contributed by atoms with E-state index in [0.717, 1.165) is 24.3 Å². The number of hydrogen-bond donors (Lipinski definition) is 3. The van der Waals surface area contributed by atoms with E-state index in [1.165, 1.54) is 6.07 Å². The largest absolute Gasteiger partial charge is 0.418 e. The molecular weight excluding hydrogens is 370 g/mol. The minimum Gasteiger partial charge on any atom is -0.399 e. The molecule has 0 aliphatic carbocycles. The average molecular weight is 382 g/mol. The number of halogens is 6. The van der Waals surface area contributed by atoms with Crippen molar-refractivity contribution >= 4 is 22.7 Å². The van der Waals surface area contributed by atoms with Gasteiger partial charge in [0.2, 0.25) is 0 Å². The molecule has 0 amide bonds. The zero-order chi connectivity index (χ0) is 20.3. The number of nitrogens with two attached hydrogens (primary N) is 3. The van der Waals surface area contributed by atoms with Crippen LogP contribution in [0.25, 0.3) is 0 Å². The second-order valence-electron chi connectivity index (χ2n) is 4.87. The Morgan fingerprint density at radius 2 is 1.19 bits per heavy atom. The number of alkyl halides is 6. The van der Waals surface area contributed by atoms with Gasteiger partial charge in [-0.1, -0.05) is 0 Å². The van der Waals surface area contributed by atoms with Crippen LogP contribution in [0.4, 0.5) is 49.1 Å². The molecule has 0 heterocycles. The van der Waals surface area contributed by atoms with Crippen LogP contribution in [0.1, 0.15) is 11.1 Å². The molecule has 0 radical (unpaired) electrons. The van der Waals surface area contributed by atoms with Crippen LogP contribution < -0.4 is 17.2 Å². The van der Waals surface area contributed by atoms with Gasteiger partial charge < -0.3 is 17.2 Å². The summed E-state index contributed by atoms with van der Waals surface area (Å²) in [4.78, 5) is 9.28. The van der Waals surface area contributed by atoms with E-state index >= 15 is 0 Å². The Balaban J connectivity index is 0.000000263. The number of nitro groups is 1. The molecule has 0 spiro atoms. The normalized spacial score (nSPS) is 11.5. The van der Waals surface area contributed by atoms with Gasteiger partial charge in [0.05, 0.1) is 16.1 Å². The molecule has 2 aromatic rings. The molecule has 0 aliphatic rings. The molecular formula is C14H12F6N4O2. The van der Waals surface area contributed by atoms with Gasteiger partial charge in [0, 0.05) is 29.2 Å². The summed E-state index contributed by atoms with van der Waals surface area (Å²) in [5.74, 6) is 0. The van der Waals surface area contributed by atoms with Crippen LogP contribution in [-0.2, 0) is 12.4 Å². The van der Waals surface area contributed by atoms with E-state index in [2.05, 4.69) is 0 Å². The van der Waals surface area contributed by atoms with Gasteiger partial charge in [0.1, 0.15) is 0 Å². The van der Waals surface area contributed by atoms with Crippen molar-refractivity contribution in [3.63, 3.8) is 0 Å². The highest BCUT2D eigenvalue weighted by Crippen LogP contribution is 2.35. The molecule has 0 saturated carbocycles. The van der Waals surface area contributed by atoms with Crippen molar-refractivity contribution in [2.24, 2.45) is 0 Å². The van der Waals surface area contributed by atoms with Crippen LogP contribution in [0.3, 0.4) is 0 Å². The fourth-order valence-corrected chi connectivity index (χ4v) is 1.72. The Morgan fingerprint density at radius 1 is 0.769 bits per heavy atom. The molecule has 0 atom stereocenters. The fourth-order valence-electron chi connectivity index (χ4n) is 1.72. The molecule has 0 saturated heterocycles. The minimum atomic E-state index is -4.67. The highest BCUT2D eigenvalue weighted by Gasteiger charge is 2.34. The fraction of sp³-hybridized carbons (Fsp3) is 0.143. The van der Waals surface area contributed by atoms with Gasteiger partial charge in [-0.2, -0.15) is 26.3 Å². The van der Waals surface area contributed by atoms with Gasteiger partial charge in [-0.15, -0.1) is 0 Å². The zero-order valence-electron chi connectivity index (χ0n) is 12.7. The lowest BCUT2D eigenvalue weighted by molar-refractivity contribution is -0.385. The summed E-state index contributed by atoms with van der Waals surface area (Å²) in [5.41, 5.74) is 11.8. The quantitative estimate of drug-likeness (QED) is 0.297. The van der Waals surface area contributed by atoms with E-state index in [0.29, 0.717) is 6.07 Å². The number of rotatable bonds is 1. The van der Waals surface area contributed by atoms with Crippen LogP contribution in [0.5, 0.6) is 0 Å². The molecule has 6 N–H and O–H groups in total. The van der Waals surface area contributed by atoms with Crippen molar-refractivity contribution in [3.05, 3.63) is 57.6 Å². The first-order valence-electron chi connectivity index (χ1n) is 6.56. The Morgan fingerprint density at radius 3 is 1.58 bits per heavy atom. The van der Waals surface area contributed by atoms with Crippen molar-refractivity contribution < 1.29 is 31.3 Å². The number of hydrogen-bond acceptors (Lipinski definition) is 5. The molecule has 0 fully saturated rings. The first kappa shape index (κ1) is 20.9. The maximum Gasteiger partial charge on any atom is 0.418 e. The van der Waals surface area contributed by atoms with Gasteiger partial charge in [-0.3, -0.25) is 10.1 Å². The highest BCUT2D eigenvalue weighted by atomic mass is 19.4. The Hall–Kier alpha value is -3.18. The van der Waals surface area contributed by atoms with Crippen LogP contribution in [-0.4, -0.2) is 4.92 Å². The van der Waals surface area contributed by atoms with Crippen LogP contribution in [0.15, 0.2) is 36.4 Å². The van der Waals surface area contributed by atoms with Gasteiger partial charge in [-0.05, 0) is 24.3 Å². The SMILES string of the molecule is Nc1ccc(N)c(C(F)(F)F)c1.Nc1ccc([N+](=O)[O-])cc1C(F)(F)F. The van der Waals surface area contributed by atoms with Crippen molar-refractivity contribution in [1.29, 1.82) is 0 Å². The summed E-state index contributed by atoms with van der Waals surface area (Å²) in [6, 6.07) is 5.47. The molecule has 0 unspecified atom stereocenters. The monoisotopic (exact) mass is 382 g/mol. The summed E-state index contributed by atoms with van der Waals surface area (Å²) in [5, 5.41) is 10.2. The third kappa shape index (κ3) is 5.43.